The Balaban J connectivity index is 1.84. The molecule has 1 saturated carbocycles. The molecular weight excluding hydrogens is 208 g/mol. The maximum Gasteiger partial charge on any atom is 0.0364 e. The Morgan fingerprint density at radius 2 is 2.06 bits per heavy atom. The number of hydrogen-bond acceptors (Lipinski definition) is 2. The third-order valence-corrected chi connectivity index (χ3v) is 4.56. The molecule has 0 aliphatic heterocycles. The van der Waals surface area contributed by atoms with Crippen LogP contribution in [0.4, 0.5) is 0 Å². The second-order valence-corrected chi connectivity index (χ2v) is 5.75. The Morgan fingerprint density at radius 3 is 2.76 bits per heavy atom. The first-order chi connectivity index (χ1) is 8.25. The van der Waals surface area contributed by atoms with Crippen molar-refractivity contribution in [3.05, 3.63) is 34.9 Å². The van der Waals surface area contributed by atoms with E-state index in [2.05, 4.69) is 23.5 Å². The van der Waals surface area contributed by atoms with E-state index >= 15 is 0 Å². The molecule has 0 bridgehead atoms. The molecule has 0 radical (unpaired) electrons. The highest BCUT2D eigenvalue weighted by atomic mass is 14.9. The summed E-state index contributed by atoms with van der Waals surface area (Å²) in [5, 5.41) is 3.29. The highest BCUT2D eigenvalue weighted by Crippen LogP contribution is 2.53. The third kappa shape index (κ3) is 1.90. The molecule has 1 fully saturated rings. The molecule has 1 atom stereocenters. The molecule has 2 aliphatic rings. The van der Waals surface area contributed by atoms with Gasteiger partial charge in [-0.05, 0) is 55.8 Å². The minimum Gasteiger partial charge on any atom is -0.323 e. The van der Waals surface area contributed by atoms with Crippen LogP contribution in [0.3, 0.4) is 0 Å². The monoisotopic (exact) mass is 230 g/mol. The number of benzene rings is 1. The fraction of sp³-hybridized carbons (Fsp3) is 0.600. The summed E-state index contributed by atoms with van der Waals surface area (Å²) in [7, 11) is 2.02. The van der Waals surface area contributed by atoms with Crippen molar-refractivity contribution in [2.24, 2.45) is 11.1 Å². The summed E-state index contributed by atoms with van der Waals surface area (Å²) in [5.41, 5.74) is 11.2. The van der Waals surface area contributed by atoms with Crippen LogP contribution in [-0.4, -0.2) is 13.6 Å². The molecule has 0 saturated heterocycles. The first-order valence-electron chi connectivity index (χ1n) is 6.77. The van der Waals surface area contributed by atoms with E-state index in [9.17, 15) is 0 Å². The van der Waals surface area contributed by atoms with Crippen molar-refractivity contribution in [3.8, 4) is 0 Å². The molecule has 2 nitrogen and oxygen atoms in total. The summed E-state index contributed by atoms with van der Waals surface area (Å²) >= 11 is 0. The molecule has 1 unspecified atom stereocenters. The Bertz CT molecular complexity index is 421. The van der Waals surface area contributed by atoms with Gasteiger partial charge >= 0.3 is 0 Å². The molecule has 2 aliphatic carbocycles. The van der Waals surface area contributed by atoms with Gasteiger partial charge in [-0.25, -0.2) is 0 Å². The van der Waals surface area contributed by atoms with Crippen LogP contribution >= 0.6 is 0 Å². The van der Waals surface area contributed by atoms with Crippen LogP contribution < -0.4 is 11.1 Å². The van der Waals surface area contributed by atoms with Crippen molar-refractivity contribution in [1.82, 2.24) is 5.32 Å². The lowest BCUT2D eigenvalue weighted by atomic mass is 9.89. The largest absolute Gasteiger partial charge is 0.323 e. The van der Waals surface area contributed by atoms with E-state index in [0.717, 1.165) is 6.54 Å². The normalized spacial score (nSPS) is 22.2. The lowest BCUT2D eigenvalue weighted by Gasteiger charge is -2.24. The molecule has 92 valence electrons. The average molecular weight is 230 g/mol. The van der Waals surface area contributed by atoms with Gasteiger partial charge in [0.1, 0.15) is 0 Å². The highest BCUT2D eigenvalue weighted by Gasteiger charge is 2.47. The van der Waals surface area contributed by atoms with Crippen LogP contribution in [0.5, 0.6) is 0 Å². The fourth-order valence-corrected chi connectivity index (χ4v) is 3.25. The van der Waals surface area contributed by atoms with E-state index in [1.54, 1.807) is 11.1 Å². The van der Waals surface area contributed by atoms with Crippen LogP contribution in [0.25, 0.3) is 0 Å². The summed E-state index contributed by atoms with van der Waals surface area (Å²) in [4.78, 5) is 0. The molecule has 0 spiro atoms. The van der Waals surface area contributed by atoms with Crippen molar-refractivity contribution in [1.29, 1.82) is 0 Å². The molecule has 0 heterocycles. The number of aryl methyl sites for hydroxylation is 2. The number of hydrogen-bond donors (Lipinski definition) is 2. The predicted octanol–water partition coefficient (Wildman–Crippen LogP) is 2.17. The van der Waals surface area contributed by atoms with E-state index in [-0.39, 0.29) is 6.04 Å². The molecule has 17 heavy (non-hydrogen) atoms. The van der Waals surface area contributed by atoms with Crippen LogP contribution in [-0.2, 0) is 12.8 Å². The SMILES string of the molecule is CNCC1(C(N)c2ccc3c(c2)CCC3)CC1. The van der Waals surface area contributed by atoms with E-state index < -0.39 is 0 Å². The van der Waals surface area contributed by atoms with Gasteiger partial charge in [0, 0.05) is 18.0 Å². The van der Waals surface area contributed by atoms with Gasteiger partial charge in [-0.2, -0.15) is 0 Å². The molecular formula is C15H22N2. The van der Waals surface area contributed by atoms with E-state index in [1.807, 2.05) is 7.05 Å². The number of fused-ring (bicyclic) bond motifs is 1. The van der Waals surface area contributed by atoms with E-state index in [0.29, 0.717) is 5.41 Å². The third-order valence-electron chi connectivity index (χ3n) is 4.56. The molecule has 1 aromatic rings. The standard InChI is InChI=1S/C15H22N2/c1-17-10-15(7-8-15)14(16)13-6-5-11-3-2-4-12(11)9-13/h5-6,9,14,17H,2-4,7-8,10,16H2,1H3. The first-order valence-corrected chi connectivity index (χ1v) is 6.77. The Hall–Kier alpha value is -0.860. The molecule has 3 rings (SSSR count). The lowest BCUT2D eigenvalue weighted by molar-refractivity contribution is 0.392. The Kier molecular flexibility index (Phi) is 2.72. The maximum atomic E-state index is 6.48. The van der Waals surface area contributed by atoms with Crippen molar-refractivity contribution >= 4 is 0 Å². The number of rotatable bonds is 4. The maximum absolute atomic E-state index is 6.48. The van der Waals surface area contributed by atoms with Gasteiger partial charge in [-0.3, -0.25) is 0 Å². The van der Waals surface area contributed by atoms with Crippen molar-refractivity contribution < 1.29 is 0 Å². The second-order valence-electron chi connectivity index (χ2n) is 5.75. The molecule has 0 aromatic heterocycles. The van der Waals surface area contributed by atoms with Gasteiger partial charge < -0.3 is 11.1 Å². The van der Waals surface area contributed by atoms with Crippen molar-refractivity contribution in [3.63, 3.8) is 0 Å². The van der Waals surface area contributed by atoms with Crippen LogP contribution in [0.2, 0.25) is 0 Å². The second kappa shape index (κ2) is 4.11. The fourth-order valence-electron chi connectivity index (χ4n) is 3.25. The van der Waals surface area contributed by atoms with E-state index in [4.69, 9.17) is 5.73 Å². The Labute approximate surface area is 104 Å². The quantitative estimate of drug-likeness (QED) is 0.832. The van der Waals surface area contributed by atoms with Gasteiger partial charge in [0.25, 0.3) is 0 Å². The van der Waals surface area contributed by atoms with Crippen molar-refractivity contribution in [2.45, 2.75) is 38.1 Å². The van der Waals surface area contributed by atoms with Crippen LogP contribution in [0.1, 0.15) is 42.0 Å². The minimum absolute atomic E-state index is 0.209. The summed E-state index contributed by atoms with van der Waals surface area (Å²) < 4.78 is 0. The topological polar surface area (TPSA) is 38.0 Å². The molecule has 2 heteroatoms. The summed E-state index contributed by atoms with van der Waals surface area (Å²) in [6.45, 7) is 1.05. The Morgan fingerprint density at radius 1 is 1.29 bits per heavy atom. The molecule has 1 aromatic carbocycles. The van der Waals surface area contributed by atoms with Gasteiger partial charge in [-0.15, -0.1) is 0 Å². The number of nitrogens with two attached hydrogens (primary N) is 1. The zero-order chi connectivity index (χ0) is 11.9. The zero-order valence-electron chi connectivity index (χ0n) is 10.6. The lowest BCUT2D eigenvalue weighted by Crippen LogP contribution is -2.31. The molecule has 3 N–H and O–H groups in total. The van der Waals surface area contributed by atoms with Crippen LogP contribution in [0, 0.1) is 5.41 Å². The van der Waals surface area contributed by atoms with E-state index in [1.165, 1.54) is 37.7 Å². The highest BCUT2D eigenvalue weighted by molar-refractivity contribution is 5.37. The smallest absolute Gasteiger partial charge is 0.0364 e. The van der Waals surface area contributed by atoms with Gasteiger partial charge in [-0.1, -0.05) is 18.2 Å². The zero-order valence-corrected chi connectivity index (χ0v) is 10.6. The van der Waals surface area contributed by atoms with Gasteiger partial charge in [0.15, 0.2) is 0 Å². The predicted molar refractivity (Wildman–Crippen MR) is 71.0 cm³/mol. The van der Waals surface area contributed by atoms with Crippen LogP contribution in [0.15, 0.2) is 18.2 Å². The minimum atomic E-state index is 0.209. The summed E-state index contributed by atoms with van der Waals surface area (Å²) in [6.07, 6.45) is 6.36. The average Bonchev–Trinajstić information content (AvgIpc) is 2.97. The van der Waals surface area contributed by atoms with Gasteiger partial charge in [0.2, 0.25) is 0 Å². The summed E-state index contributed by atoms with van der Waals surface area (Å²) in [6, 6.07) is 7.13. The van der Waals surface area contributed by atoms with Gasteiger partial charge in [0.05, 0.1) is 0 Å². The molecule has 0 amide bonds. The first kappa shape index (κ1) is 11.2. The number of nitrogens with one attached hydrogen (secondary N) is 1. The van der Waals surface area contributed by atoms with Crippen molar-refractivity contribution in [2.75, 3.05) is 13.6 Å². The summed E-state index contributed by atoms with van der Waals surface area (Å²) in [5.74, 6) is 0.